The van der Waals surface area contributed by atoms with Gasteiger partial charge in [0.1, 0.15) is 0 Å². The van der Waals surface area contributed by atoms with Gasteiger partial charge in [0.25, 0.3) is 0 Å². The molecule has 0 aliphatic heterocycles. The lowest BCUT2D eigenvalue weighted by molar-refractivity contribution is -0.122. The largest absolute Gasteiger partial charge is 0.297 e. The standard InChI is InChI=1S/C10H20N4O/c1-8(2)14(6-4-5-11)9(3)7-10(15)13-12/h8-9H,4,6-7,12H2,1-3H3,(H,13,15). The number of nitrogens with two attached hydrogens (primary N) is 1. The molecule has 5 heteroatoms. The van der Waals surface area contributed by atoms with Gasteiger partial charge < -0.3 is 0 Å². The minimum Gasteiger partial charge on any atom is -0.297 e. The zero-order chi connectivity index (χ0) is 11.8. The van der Waals surface area contributed by atoms with Gasteiger partial charge in [0.2, 0.25) is 5.91 Å². The number of hydrogen-bond donors (Lipinski definition) is 2. The van der Waals surface area contributed by atoms with Crippen molar-refractivity contribution in [2.24, 2.45) is 5.84 Å². The fourth-order valence-electron chi connectivity index (χ4n) is 1.61. The fraction of sp³-hybridized carbons (Fsp3) is 0.800. The maximum Gasteiger partial charge on any atom is 0.235 e. The summed E-state index contributed by atoms with van der Waals surface area (Å²) in [6.07, 6.45) is 0.840. The van der Waals surface area contributed by atoms with Crippen LogP contribution in [0.2, 0.25) is 0 Å². The summed E-state index contributed by atoms with van der Waals surface area (Å²) in [6, 6.07) is 2.53. The van der Waals surface area contributed by atoms with Gasteiger partial charge in [0, 0.05) is 31.5 Å². The normalized spacial score (nSPS) is 12.6. The summed E-state index contributed by atoms with van der Waals surface area (Å²) >= 11 is 0. The topological polar surface area (TPSA) is 82.2 Å². The van der Waals surface area contributed by atoms with Gasteiger partial charge in [0.05, 0.1) is 6.07 Å². The molecule has 0 fully saturated rings. The van der Waals surface area contributed by atoms with Crippen LogP contribution in [0.15, 0.2) is 0 Å². The Bertz CT molecular complexity index is 234. The molecule has 0 aliphatic rings. The number of rotatable bonds is 6. The number of nitrogens with zero attached hydrogens (tertiary/aromatic N) is 2. The average molecular weight is 212 g/mol. The van der Waals surface area contributed by atoms with Crippen molar-refractivity contribution < 1.29 is 4.79 Å². The molecule has 0 heterocycles. The van der Waals surface area contributed by atoms with Crippen molar-refractivity contribution in [3.63, 3.8) is 0 Å². The number of amides is 1. The number of hydrogen-bond acceptors (Lipinski definition) is 4. The van der Waals surface area contributed by atoms with Crippen LogP contribution >= 0.6 is 0 Å². The van der Waals surface area contributed by atoms with Gasteiger partial charge in [-0.1, -0.05) is 0 Å². The van der Waals surface area contributed by atoms with Crippen LogP contribution in [0.1, 0.15) is 33.6 Å². The van der Waals surface area contributed by atoms with Crippen molar-refractivity contribution in [1.29, 1.82) is 5.26 Å². The van der Waals surface area contributed by atoms with Crippen molar-refractivity contribution in [2.45, 2.75) is 45.7 Å². The third-order valence-electron chi connectivity index (χ3n) is 2.35. The van der Waals surface area contributed by atoms with Crippen molar-refractivity contribution in [3.8, 4) is 6.07 Å². The summed E-state index contributed by atoms with van der Waals surface area (Å²) in [7, 11) is 0. The molecular weight excluding hydrogens is 192 g/mol. The molecule has 0 saturated heterocycles. The molecule has 0 spiro atoms. The fourth-order valence-corrected chi connectivity index (χ4v) is 1.61. The van der Waals surface area contributed by atoms with Crippen LogP contribution in [0.3, 0.4) is 0 Å². The third kappa shape index (κ3) is 5.35. The minimum absolute atomic E-state index is 0.0990. The van der Waals surface area contributed by atoms with E-state index in [-0.39, 0.29) is 11.9 Å². The average Bonchev–Trinajstić information content (AvgIpc) is 2.17. The first-order valence-electron chi connectivity index (χ1n) is 5.15. The number of hydrazine groups is 1. The molecule has 15 heavy (non-hydrogen) atoms. The molecule has 5 nitrogen and oxygen atoms in total. The van der Waals surface area contributed by atoms with E-state index in [4.69, 9.17) is 11.1 Å². The molecule has 1 atom stereocenters. The molecule has 1 unspecified atom stereocenters. The highest BCUT2D eigenvalue weighted by molar-refractivity contribution is 5.75. The summed E-state index contributed by atoms with van der Waals surface area (Å²) in [5.74, 6) is 4.85. The van der Waals surface area contributed by atoms with E-state index in [1.54, 1.807) is 0 Å². The van der Waals surface area contributed by atoms with Gasteiger partial charge in [-0.3, -0.25) is 15.1 Å². The van der Waals surface area contributed by atoms with Crippen LogP contribution in [0, 0.1) is 11.3 Å². The predicted molar refractivity (Wildman–Crippen MR) is 58.5 cm³/mol. The summed E-state index contributed by atoms with van der Waals surface area (Å²) in [5.41, 5.74) is 2.12. The summed E-state index contributed by atoms with van der Waals surface area (Å²) < 4.78 is 0. The lowest BCUT2D eigenvalue weighted by atomic mass is 10.1. The highest BCUT2D eigenvalue weighted by Crippen LogP contribution is 2.09. The maximum atomic E-state index is 11.1. The second-order valence-electron chi connectivity index (χ2n) is 3.86. The van der Waals surface area contributed by atoms with Crippen LogP contribution in [0.4, 0.5) is 0 Å². The first-order chi connectivity index (χ1) is 7.02. The quantitative estimate of drug-likeness (QED) is 0.379. The molecule has 0 radical (unpaired) electrons. The van der Waals surface area contributed by atoms with Gasteiger partial charge in [-0.05, 0) is 20.8 Å². The van der Waals surface area contributed by atoms with Gasteiger partial charge in [-0.2, -0.15) is 5.26 Å². The van der Waals surface area contributed by atoms with Crippen molar-refractivity contribution in [2.75, 3.05) is 6.54 Å². The Morgan fingerprint density at radius 2 is 2.13 bits per heavy atom. The summed E-state index contributed by atoms with van der Waals surface area (Å²) in [4.78, 5) is 13.2. The molecule has 0 aromatic rings. The van der Waals surface area contributed by atoms with E-state index in [1.165, 1.54) is 0 Å². The van der Waals surface area contributed by atoms with Crippen LogP contribution in [0.25, 0.3) is 0 Å². The third-order valence-corrected chi connectivity index (χ3v) is 2.35. The van der Waals surface area contributed by atoms with Crippen LogP contribution in [0.5, 0.6) is 0 Å². The monoisotopic (exact) mass is 212 g/mol. The Morgan fingerprint density at radius 1 is 1.53 bits per heavy atom. The first kappa shape index (κ1) is 13.9. The molecule has 3 N–H and O–H groups in total. The second-order valence-corrected chi connectivity index (χ2v) is 3.86. The Morgan fingerprint density at radius 3 is 2.53 bits per heavy atom. The Balaban J connectivity index is 4.23. The molecular formula is C10H20N4O. The van der Waals surface area contributed by atoms with E-state index in [2.05, 4.69) is 16.4 Å². The summed E-state index contributed by atoms with van der Waals surface area (Å²) in [5, 5.41) is 8.53. The summed E-state index contributed by atoms with van der Waals surface area (Å²) in [6.45, 7) is 6.75. The number of nitrogens with one attached hydrogen (secondary N) is 1. The van der Waals surface area contributed by atoms with Crippen molar-refractivity contribution in [1.82, 2.24) is 10.3 Å². The van der Waals surface area contributed by atoms with E-state index in [0.717, 1.165) is 0 Å². The smallest absolute Gasteiger partial charge is 0.235 e. The molecule has 0 rings (SSSR count). The lowest BCUT2D eigenvalue weighted by Crippen LogP contribution is -2.43. The zero-order valence-corrected chi connectivity index (χ0v) is 9.66. The Labute approximate surface area is 91.2 Å². The lowest BCUT2D eigenvalue weighted by Gasteiger charge is -2.31. The van der Waals surface area contributed by atoms with Crippen LogP contribution in [-0.2, 0) is 4.79 Å². The van der Waals surface area contributed by atoms with Crippen LogP contribution in [-0.4, -0.2) is 29.4 Å². The Hall–Kier alpha value is -1.12. The van der Waals surface area contributed by atoms with E-state index in [9.17, 15) is 4.79 Å². The highest BCUT2D eigenvalue weighted by atomic mass is 16.2. The zero-order valence-electron chi connectivity index (χ0n) is 9.66. The highest BCUT2D eigenvalue weighted by Gasteiger charge is 2.18. The SMILES string of the molecule is CC(C)N(CCC#N)C(C)CC(=O)NN. The van der Waals surface area contributed by atoms with Gasteiger partial charge in [0.15, 0.2) is 0 Å². The van der Waals surface area contributed by atoms with E-state index >= 15 is 0 Å². The number of carbonyl (C=O) groups excluding carboxylic acids is 1. The molecule has 0 aromatic heterocycles. The van der Waals surface area contributed by atoms with Gasteiger partial charge in [-0.15, -0.1) is 0 Å². The number of nitriles is 1. The van der Waals surface area contributed by atoms with E-state index in [0.29, 0.717) is 25.4 Å². The van der Waals surface area contributed by atoms with Gasteiger partial charge in [-0.25, -0.2) is 5.84 Å². The Kier molecular flexibility index (Phi) is 6.67. The minimum atomic E-state index is -0.176. The molecule has 86 valence electrons. The van der Waals surface area contributed by atoms with Gasteiger partial charge >= 0.3 is 0 Å². The molecule has 0 bridgehead atoms. The molecule has 0 saturated carbocycles. The second kappa shape index (κ2) is 7.21. The van der Waals surface area contributed by atoms with E-state index in [1.807, 2.05) is 20.8 Å². The molecule has 0 aromatic carbocycles. The number of carbonyl (C=O) groups is 1. The predicted octanol–water partition coefficient (Wildman–Crippen LogP) is 0.379. The maximum absolute atomic E-state index is 11.1. The van der Waals surface area contributed by atoms with E-state index < -0.39 is 0 Å². The molecule has 0 aliphatic carbocycles. The van der Waals surface area contributed by atoms with Crippen molar-refractivity contribution in [3.05, 3.63) is 0 Å². The van der Waals surface area contributed by atoms with Crippen LogP contribution < -0.4 is 11.3 Å². The van der Waals surface area contributed by atoms with Crippen molar-refractivity contribution >= 4 is 5.91 Å². The molecule has 1 amide bonds. The first-order valence-corrected chi connectivity index (χ1v) is 5.15.